The minimum atomic E-state index is -3.52. The zero-order valence-corrected chi connectivity index (χ0v) is 14.8. The number of nitrogens with one attached hydrogen (secondary N) is 1. The number of hydrogen-bond donors (Lipinski definition) is 2. The predicted molar refractivity (Wildman–Crippen MR) is 96.2 cm³/mol. The summed E-state index contributed by atoms with van der Waals surface area (Å²) in [5, 5.41) is 0. The molecule has 6 nitrogen and oxygen atoms in total. The molecule has 25 heavy (non-hydrogen) atoms. The van der Waals surface area contributed by atoms with Crippen LogP contribution in [0.2, 0.25) is 0 Å². The lowest BCUT2D eigenvalue weighted by Gasteiger charge is -2.33. The van der Waals surface area contributed by atoms with E-state index in [-0.39, 0.29) is 17.1 Å². The first-order valence-electron chi connectivity index (χ1n) is 8.40. The Kier molecular flexibility index (Phi) is 3.94. The van der Waals surface area contributed by atoms with Crippen molar-refractivity contribution in [1.82, 2.24) is 4.72 Å². The maximum absolute atomic E-state index is 12.5. The van der Waals surface area contributed by atoms with Crippen molar-refractivity contribution >= 4 is 15.7 Å². The number of fused-ring (bicyclic) bond motifs is 3. The third kappa shape index (κ3) is 2.99. The Bertz CT molecular complexity index is 894. The molecule has 1 saturated heterocycles. The first-order chi connectivity index (χ1) is 11.9. The van der Waals surface area contributed by atoms with E-state index in [2.05, 4.69) is 9.62 Å². The van der Waals surface area contributed by atoms with Crippen LogP contribution in [0.4, 0.5) is 5.69 Å². The van der Waals surface area contributed by atoms with Crippen LogP contribution in [0.3, 0.4) is 0 Å². The Morgan fingerprint density at radius 2 is 1.92 bits per heavy atom. The van der Waals surface area contributed by atoms with Gasteiger partial charge >= 0.3 is 0 Å². The average Bonchev–Trinajstić information content (AvgIpc) is 3.03. The first kappa shape index (κ1) is 16.4. The van der Waals surface area contributed by atoms with Gasteiger partial charge in [0.1, 0.15) is 16.4 Å². The molecule has 0 saturated carbocycles. The highest BCUT2D eigenvalue weighted by molar-refractivity contribution is 7.89. The van der Waals surface area contributed by atoms with Gasteiger partial charge in [-0.3, -0.25) is 0 Å². The van der Waals surface area contributed by atoms with Crippen LogP contribution in [0.1, 0.15) is 31.4 Å². The fourth-order valence-electron chi connectivity index (χ4n) is 3.41. The van der Waals surface area contributed by atoms with E-state index in [1.165, 1.54) is 0 Å². The molecule has 1 fully saturated rings. The van der Waals surface area contributed by atoms with E-state index < -0.39 is 10.0 Å². The standard InChI is InChI=1S/C18H21N3O3S/c1-12(19)13-4-6-14(7-5-13)24-15-8-9-16-17(11-15)25(22,23)20-18-3-2-10-21(16)18/h4-9,11-12,18,20H,2-3,10,19H2,1H3. The molecule has 132 valence electrons. The van der Waals surface area contributed by atoms with Crippen molar-refractivity contribution < 1.29 is 13.2 Å². The van der Waals surface area contributed by atoms with E-state index in [1.54, 1.807) is 6.07 Å². The molecule has 0 amide bonds. The van der Waals surface area contributed by atoms with Crippen molar-refractivity contribution in [3.8, 4) is 11.5 Å². The molecule has 3 N–H and O–H groups in total. The van der Waals surface area contributed by atoms with Crippen LogP contribution < -0.4 is 20.1 Å². The van der Waals surface area contributed by atoms with Gasteiger partial charge in [-0.2, -0.15) is 4.72 Å². The maximum Gasteiger partial charge on any atom is 0.244 e. The molecule has 2 aromatic carbocycles. The SMILES string of the molecule is CC(N)c1ccc(Oc2ccc3c(c2)S(=O)(=O)NC2CCCN32)cc1. The summed E-state index contributed by atoms with van der Waals surface area (Å²) in [5.74, 6) is 1.14. The van der Waals surface area contributed by atoms with Gasteiger partial charge in [0.2, 0.25) is 10.0 Å². The number of nitrogens with zero attached hydrogens (tertiary/aromatic N) is 1. The fraction of sp³-hybridized carbons (Fsp3) is 0.333. The topological polar surface area (TPSA) is 84.7 Å². The Morgan fingerprint density at radius 1 is 1.20 bits per heavy atom. The Morgan fingerprint density at radius 3 is 2.64 bits per heavy atom. The van der Waals surface area contributed by atoms with Crippen molar-refractivity contribution in [3.63, 3.8) is 0 Å². The van der Waals surface area contributed by atoms with Crippen LogP contribution in [0.5, 0.6) is 11.5 Å². The molecular formula is C18H21N3O3S. The van der Waals surface area contributed by atoms with Crippen LogP contribution in [0.15, 0.2) is 47.4 Å². The minimum absolute atomic E-state index is 0.0394. The van der Waals surface area contributed by atoms with Gasteiger partial charge in [0.25, 0.3) is 0 Å². The van der Waals surface area contributed by atoms with E-state index in [0.717, 1.165) is 30.6 Å². The van der Waals surface area contributed by atoms with Crippen molar-refractivity contribution in [2.75, 3.05) is 11.4 Å². The van der Waals surface area contributed by atoms with Crippen molar-refractivity contribution in [1.29, 1.82) is 0 Å². The van der Waals surface area contributed by atoms with Gasteiger partial charge in [-0.05, 0) is 49.6 Å². The lowest BCUT2D eigenvalue weighted by Crippen LogP contribution is -2.48. The molecule has 0 radical (unpaired) electrons. The lowest BCUT2D eigenvalue weighted by molar-refractivity contribution is 0.478. The highest BCUT2D eigenvalue weighted by Gasteiger charge is 2.37. The molecule has 2 atom stereocenters. The van der Waals surface area contributed by atoms with Crippen LogP contribution in [0.25, 0.3) is 0 Å². The van der Waals surface area contributed by atoms with E-state index in [9.17, 15) is 8.42 Å². The molecular weight excluding hydrogens is 338 g/mol. The summed E-state index contributed by atoms with van der Waals surface area (Å²) in [6, 6.07) is 12.7. The highest BCUT2D eigenvalue weighted by atomic mass is 32.2. The molecule has 0 aliphatic carbocycles. The van der Waals surface area contributed by atoms with Crippen molar-refractivity contribution in [2.24, 2.45) is 5.73 Å². The molecule has 0 bridgehead atoms. The van der Waals surface area contributed by atoms with E-state index in [4.69, 9.17) is 10.5 Å². The largest absolute Gasteiger partial charge is 0.457 e. The number of anilines is 1. The summed E-state index contributed by atoms with van der Waals surface area (Å²) in [5.41, 5.74) is 7.61. The second-order valence-electron chi connectivity index (χ2n) is 6.56. The Hall–Kier alpha value is -2.09. The summed E-state index contributed by atoms with van der Waals surface area (Å²) in [7, 11) is -3.52. The molecule has 0 aromatic heterocycles. The monoisotopic (exact) mass is 359 g/mol. The average molecular weight is 359 g/mol. The highest BCUT2D eigenvalue weighted by Crippen LogP contribution is 2.38. The number of nitrogens with two attached hydrogens (primary N) is 1. The second kappa shape index (κ2) is 6.01. The van der Waals surface area contributed by atoms with Crippen LogP contribution >= 0.6 is 0 Å². The van der Waals surface area contributed by atoms with Crippen molar-refractivity contribution in [3.05, 3.63) is 48.0 Å². The van der Waals surface area contributed by atoms with Crippen LogP contribution in [0, 0.1) is 0 Å². The van der Waals surface area contributed by atoms with Crippen molar-refractivity contribution in [2.45, 2.75) is 36.9 Å². The number of benzene rings is 2. The third-order valence-corrected chi connectivity index (χ3v) is 6.20. The number of sulfonamides is 1. The maximum atomic E-state index is 12.5. The van der Waals surface area contributed by atoms with Gasteiger partial charge in [-0.1, -0.05) is 12.1 Å². The van der Waals surface area contributed by atoms with E-state index in [1.807, 2.05) is 43.3 Å². The van der Waals surface area contributed by atoms with Crippen LogP contribution in [-0.4, -0.2) is 21.1 Å². The summed E-state index contributed by atoms with van der Waals surface area (Å²) < 4.78 is 33.6. The van der Waals surface area contributed by atoms with Gasteiger partial charge in [-0.25, -0.2) is 8.42 Å². The molecule has 2 aromatic rings. The number of rotatable bonds is 3. The Balaban J connectivity index is 1.64. The minimum Gasteiger partial charge on any atom is -0.457 e. The predicted octanol–water partition coefficient (Wildman–Crippen LogP) is 2.72. The normalized spacial score (nSPS) is 22.2. The third-order valence-electron chi connectivity index (χ3n) is 4.72. The molecule has 0 spiro atoms. The number of hydrogen-bond acceptors (Lipinski definition) is 5. The smallest absolute Gasteiger partial charge is 0.244 e. The first-order valence-corrected chi connectivity index (χ1v) is 9.89. The van der Waals surface area contributed by atoms with Gasteiger partial charge in [-0.15, -0.1) is 0 Å². The van der Waals surface area contributed by atoms with Crippen LogP contribution in [-0.2, 0) is 10.0 Å². The molecule has 4 rings (SSSR count). The lowest BCUT2D eigenvalue weighted by atomic mass is 10.1. The fourth-order valence-corrected chi connectivity index (χ4v) is 4.87. The molecule has 2 heterocycles. The van der Waals surface area contributed by atoms with E-state index >= 15 is 0 Å². The molecule has 2 aliphatic rings. The van der Waals surface area contributed by atoms with Gasteiger partial charge in [0.05, 0.1) is 11.9 Å². The van der Waals surface area contributed by atoms with E-state index in [0.29, 0.717) is 11.5 Å². The molecule has 2 unspecified atom stereocenters. The summed E-state index contributed by atoms with van der Waals surface area (Å²) in [6.07, 6.45) is 1.69. The van der Waals surface area contributed by atoms with Gasteiger partial charge in [0, 0.05) is 18.7 Å². The summed E-state index contributed by atoms with van der Waals surface area (Å²) in [4.78, 5) is 2.38. The quantitative estimate of drug-likeness (QED) is 0.880. The second-order valence-corrected chi connectivity index (χ2v) is 8.24. The summed E-state index contributed by atoms with van der Waals surface area (Å²) >= 11 is 0. The van der Waals surface area contributed by atoms with Gasteiger partial charge < -0.3 is 15.4 Å². The molecule has 7 heteroatoms. The Labute approximate surface area is 147 Å². The number of ether oxygens (including phenoxy) is 1. The zero-order valence-electron chi connectivity index (χ0n) is 14.0. The zero-order chi connectivity index (χ0) is 17.6. The molecule has 2 aliphatic heterocycles. The van der Waals surface area contributed by atoms with Gasteiger partial charge in [0.15, 0.2) is 0 Å². The summed E-state index contributed by atoms with van der Waals surface area (Å²) in [6.45, 7) is 2.78.